The molecule has 1 aromatic carbocycles. The first-order valence-electron chi connectivity index (χ1n) is 10.6. The Morgan fingerprint density at radius 3 is 2.39 bits per heavy atom. The summed E-state index contributed by atoms with van der Waals surface area (Å²) in [4.78, 5) is 14.7. The van der Waals surface area contributed by atoms with Gasteiger partial charge in [0.25, 0.3) is 15.9 Å². The lowest BCUT2D eigenvalue weighted by Gasteiger charge is -2.45. The summed E-state index contributed by atoms with van der Waals surface area (Å²) < 4.78 is 55.5. The van der Waals surface area contributed by atoms with Crippen molar-refractivity contribution >= 4 is 28.3 Å². The number of carbonyl (C=O) groups is 1. The number of nitrogens with one attached hydrogen (secondary N) is 1. The second-order valence-electron chi connectivity index (χ2n) is 8.36. The lowest BCUT2D eigenvalue weighted by molar-refractivity contribution is 0.0538. The normalized spacial score (nSPS) is 19.2. The van der Waals surface area contributed by atoms with E-state index in [-0.39, 0.29) is 28.5 Å². The second kappa shape index (κ2) is 10.00. The molecular formula is C20H27ClF2N6O3S. The van der Waals surface area contributed by atoms with Crippen LogP contribution in [-0.4, -0.2) is 76.8 Å². The predicted octanol–water partition coefficient (Wildman–Crippen LogP) is 1.56. The molecule has 1 aromatic heterocycles. The quantitative estimate of drug-likeness (QED) is 0.641. The maximum Gasteiger partial charge on any atom is 0.264 e. The molecule has 182 valence electrons. The summed E-state index contributed by atoms with van der Waals surface area (Å²) in [5, 5.41) is 10.2. The van der Waals surface area contributed by atoms with Gasteiger partial charge in [0.15, 0.2) is 0 Å². The summed E-state index contributed by atoms with van der Waals surface area (Å²) >= 11 is 0. The fraction of sp³-hybridized carbons (Fsp3) is 0.550. The van der Waals surface area contributed by atoms with E-state index in [0.717, 1.165) is 37.8 Å². The van der Waals surface area contributed by atoms with Gasteiger partial charge in [-0.2, -0.15) is 4.31 Å². The number of aryl methyl sites for hydroxylation is 1. The third-order valence-corrected chi connectivity index (χ3v) is 8.14. The van der Waals surface area contributed by atoms with Crippen molar-refractivity contribution in [2.75, 3.05) is 32.7 Å². The zero-order valence-corrected chi connectivity index (χ0v) is 19.8. The molecule has 0 atom stereocenters. The van der Waals surface area contributed by atoms with Crippen LogP contribution in [0.5, 0.6) is 0 Å². The molecule has 0 bridgehead atoms. The number of carbonyl (C=O) groups excluding carboxylic acids is 1. The van der Waals surface area contributed by atoms with Crippen molar-refractivity contribution < 1.29 is 22.0 Å². The highest BCUT2D eigenvalue weighted by atomic mass is 35.5. The van der Waals surface area contributed by atoms with Crippen molar-refractivity contribution in [3.8, 4) is 0 Å². The van der Waals surface area contributed by atoms with E-state index in [1.54, 1.807) is 7.05 Å². The minimum atomic E-state index is -3.71. The van der Waals surface area contributed by atoms with Gasteiger partial charge < -0.3 is 5.32 Å². The number of sulfonamides is 1. The molecule has 33 heavy (non-hydrogen) atoms. The molecule has 13 heteroatoms. The lowest BCUT2D eigenvalue weighted by Crippen LogP contribution is -2.60. The lowest BCUT2D eigenvalue weighted by atomic mass is 9.93. The van der Waals surface area contributed by atoms with Crippen molar-refractivity contribution in [2.24, 2.45) is 7.05 Å². The van der Waals surface area contributed by atoms with Gasteiger partial charge in [-0.3, -0.25) is 14.4 Å². The molecule has 2 aromatic rings. The number of benzene rings is 1. The van der Waals surface area contributed by atoms with E-state index in [0.29, 0.717) is 38.8 Å². The molecule has 9 nitrogen and oxygen atoms in total. The number of rotatable bonds is 6. The molecule has 1 amide bonds. The molecule has 1 saturated carbocycles. The molecule has 2 heterocycles. The number of hydrogen-bond acceptors (Lipinski definition) is 6. The number of piperazine rings is 1. The van der Waals surface area contributed by atoms with E-state index in [1.165, 1.54) is 15.2 Å². The first-order valence-corrected chi connectivity index (χ1v) is 12.0. The summed E-state index contributed by atoms with van der Waals surface area (Å²) in [5.74, 6) is -2.22. The largest absolute Gasteiger partial charge is 0.350 e. The summed E-state index contributed by atoms with van der Waals surface area (Å²) in [6.07, 6.45) is 5.09. The van der Waals surface area contributed by atoms with Gasteiger partial charge in [-0.05, 0) is 25.0 Å². The van der Waals surface area contributed by atoms with Crippen LogP contribution in [0.15, 0.2) is 29.4 Å². The molecule has 2 aliphatic rings. The number of halogens is 3. The molecule has 0 unspecified atom stereocenters. The molecule has 0 spiro atoms. The van der Waals surface area contributed by atoms with Crippen LogP contribution in [-0.2, 0) is 17.1 Å². The molecular weight excluding hydrogens is 478 g/mol. The number of nitrogens with zero attached hydrogens (tertiary/aromatic N) is 5. The van der Waals surface area contributed by atoms with Crippen molar-refractivity contribution in [3.05, 3.63) is 41.6 Å². The van der Waals surface area contributed by atoms with E-state index >= 15 is 0 Å². The van der Waals surface area contributed by atoms with Gasteiger partial charge in [-0.1, -0.05) is 18.1 Å². The fourth-order valence-corrected chi connectivity index (χ4v) is 5.96. The predicted molar refractivity (Wildman–Crippen MR) is 118 cm³/mol. The third kappa shape index (κ3) is 5.18. The van der Waals surface area contributed by atoms with E-state index in [4.69, 9.17) is 0 Å². The molecule has 2 fully saturated rings. The van der Waals surface area contributed by atoms with Gasteiger partial charge >= 0.3 is 0 Å². The highest BCUT2D eigenvalue weighted by Gasteiger charge is 2.42. The maximum absolute atomic E-state index is 14.0. The molecule has 1 aliphatic heterocycles. The van der Waals surface area contributed by atoms with Crippen LogP contribution >= 0.6 is 12.4 Å². The Morgan fingerprint density at radius 1 is 1.15 bits per heavy atom. The van der Waals surface area contributed by atoms with Gasteiger partial charge in [0, 0.05) is 51.4 Å². The van der Waals surface area contributed by atoms with Crippen LogP contribution in [0, 0.1) is 11.6 Å². The van der Waals surface area contributed by atoms with Crippen LogP contribution in [0.2, 0.25) is 0 Å². The van der Waals surface area contributed by atoms with Gasteiger partial charge in [-0.25, -0.2) is 17.2 Å². The number of hydrogen-bond donors (Lipinski definition) is 1. The van der Waals surface area contributed by atoms with E-state index < -0.39 is 27.6 Å². The first kappa shape index (κ1) is 25.5. The summed E-state index contributed by atoms with van der Waals surface area (Å²) in [5.41, 5.74) is -0.506. The van der Waals surface area contributed by atoms with E-state index in [9.17, 15) is 22.0 Å². The minimum Gasteiger partial charge on any atom is -0.350 e. The van der Waals surface area contributed by atoms with E-state index in [1.807, 2.05) is 0 Å². The van der Waals surface area contributed by atoms with Gasteiger partial charge in [0.05, 0.1) is 11.8 Å². The standard InChI is InChI=1S/C20H26F2N6O3S.ClH/c1-26-13-18(24-25-26)32(30,31)28-10-8-27(9-11-28)20(6-2-3-7-20)14-23-19(29)16-5-4-15(21)12-17(16)22;/h4-5,12-13H,2-3,6-11,14H2,1H3,(H,23,29);1H. The van der Waals surface area contributed by atoms with Crippen LogP contribution < -0.4 is 5.32 Å². The van der Waals surface area contributed by atoms with Gasteiger partial charge in [0.1, 0.15) is 11.6 Å². The highest BCUT2D eigenvalue weighted by molar-refractivity contribution is 7.89. The average molecular weight is 505 g/mol. The Morgan fingerprint density at radius 2 is 1.82 bits per heavy atom. The summed E-state index contributed by atoms with van der Waals surface area (Å²) in [7, 11) is -2.10. The Hall–Kier alpha value is -2.15. The Labute approximate surface area is 197 Å². The van der Waals surface area contributed by atoms with Crippen molar-refractivity contribution in [1.29, 1.82) is 0 Å². The molecule has 0 radical (unpaired) electrons. The average Bonchev–Trinajstić information content (AvgIpc) is 3.42. The zero-order valence-electron chi connectivity index (χ0n) is 18.2. The smallest absolute Gasteiger partial charge is 0.264 e. The first-order chi connectivity index (χ1) is 15.2. The van der Waals surface area contributed by atoms with E-state index in [2.05, 4.69) is 20.5 Å². The number of aromatic nitrogens is 3. The monoisotopic (exact) mass is 504 g/mol. The van der Waals surface area contributed by atoms with Crippen LogP contribution in [0.1, 0.15) is 36.0 Å². The molecule has 4 rings (SSSR count). The zero-order chi connectivity index (χ0) is 22.9. The van der Waals surface area contributed by atoms with Gasteiger partial charge in [0.2, 0.25) is 5.03 Å². The minimum absolute atomic E-state index is 0. The molecule has 1 saturated heterocycles. The number of amides is 1. The Kier molecular flexibility index (Phi) is 7.72. The van der Waals surface area contributed by atoms with Crippen LogP contribution in [0.3, 0.4) is 0 Å². The second-order valence-corrected chi connectivity index (χ2v) is 10.2. The topological polar surface area (TPSA) is 100 Å². The summed E-state index contributed by atoms with van der Waals surface area (Å²) in [6, 6.07) is 2.88. The van der Waals surface area contributed by atoms with Crippen LogP contribution in [0.4, 0.5) is 8.78 Å². The van der Waals surface area contributed by atoms with Gasteiger partial charge in [-0.15, -0.1) is 17.5 Å². The molecule has 1 aliphatic carbocycles. The third-order valence-electron chi connectivity index (χ3n) is 6.38. The fourth-order valence-electron chi connectivity index (χ4n) is 4.63. The Bertz CT molecular complexity index is 1100. The maximum atomic E-state index is 14.0. The highest BCUT2D eigenvalue weighted by Crippen LogP contribution is 2.36. The Balaban J connectivity index is 0.00000306. The SMILES string of the molecule is Cl.Cn1cc(S(=O)(=O)N2CCN(C3(CNC(=O)c4ccc(F)cc4F)CCCC3)CC2)nn1. The van der Waals surface area contributed by atoms with Crippen molar-refractivity contribution in [1.82, 2.24) is 29.5 Å². The molecule has 1 N–H and O–H groups in total. The van der Waals surface area contributed by atoms with Crippen molar-refractivity contribution in [3.63, 3.8) is 0 Å². The van der Waals surface area contributed by atoms with Crippen molar-refractivity contribution in [2.45, 2.75) is 36.2 Å². The summed E-state index contributed by atoms with van der Waals surface area (Å²) in [6.45, 7) is 1.96. The van der Waals surface area contributed by atoms with Crippen LogP contribution in [0.25, 0.3) is 0 Å².